The molecular formula is C10H14N4O4. The Morgan fingerprint density at radius 1 is 1.22 bits per heavy atom. The van der Waals surface area contributed by atoms with E-state index >= 15 is 0 Å². The fourth-order valence-corrected chi connectivity index (χ4v) is 1.87. The zero-order valence-electron chi connectivity index (χ0n) is 10.2. The van der Waals surface area contributed by atoms with E-state index in [1.807, 2.05) is 0 Å². The standard InChI is InChI=1S/C10H14N4O4/c1-5(15)13-4-11-8-7(13)9(17)14(6(2)16)10(18)12(8)3/h4-6,15-16H,1-3H3. The van der Waals surface area contributed by atoms with Gasteiger partial charge in [0.05, 0.1) is 6.33 Å². The Labute approximate surface area is 101 Å². The first-order chi connectivity index (χ1) is 8.36. The second-order valence-electron chi connectivity index (χ2n) is 4.10. The molecule has 0 amide bonds. The van der Waals surface area contributed by atoms with Crippen LogP contribution in [0.25, 0.3) is 11.2 Å². The van der Waals surface area contributed by atoms with Crippen LogP contribution in [0.2, 0.25) is 0 Å². The molecule has 18 heavy (non-hydrogen) atoms. The van der Waals surface area contributed by atoms with Crippen LogP contribution in [0.4, 0.5) is 0 Å². The van der Waals surface area contributed by atoms with Crippen LogP contribution in [0.5, 0.6) is 0 Å². The van der Waals surface area contributed by atoms with Gasteiger partial charge in [0.25, 0.3) is 5.56 Å². The molecule has 0 aliphatic rings. The highest BCUT2D eigenvalue weighted by Gasteiger charge is 2.19. The minimum atomic E-state index is -1.25. The SMILES string of the molecule is CC(O)n1c(=O)c2c(ncn2C(C)O)n(C)c1=O. The summed E-state index contributed by atoms with van der Waals surface area (Å²) in [5, 5.41) is 19.0. The number of hydrogen-bond acceptors (Lipinski definition) is 5. The molecule has 0 bridgehead atoms. The molecular weight excluding hydrogens is 240 g/mol. The molecule has 0 radical (unpaired) electrons. The van der Waals surface area contributed by atoms with Crippen molar-refractivity contribution in [3.8, 4) is 0 Å². The van der Waals surface area contributed by atoms with Gasteiger partial charge >= 0.3 is 5.69 Å². The highest BCUT2D eigenvalue weighted by molar-refractivity contribution is 5.70. The van der Waals surface area contributed by atoms with E-state index < -0.39 is 23.7 Å². The Balaban J connectivity index is 3.03. The first-order valence-corrected chi connectivity index (χ1v) is 5.40. The van der Waals surface area contributed by atoms with Gasteiger partial charge in [0.1, 0.15) is 12.5 Å². The number of fused-ring (bicyclic) bond motifs is 1. The molecule has 8 nitrogen and oxygen atoms in total. The molecule has 0 aliphatic carbocycles. The minimum Gasteiger partial charge on any atom is -0.374 e. The molecule has 0 aromatic carbocycles. The van der Waals surface area contributed by atoms with E-state index in [2.05, 4.69) is 4.98 Å². The lowest BCUT2D eigenvalue weighted by Gasteiger charge is -2.12. The lowest BCUT2D eigenvalue weighted by atomic mass is 10.4. The summed E-state index contributed by atoms with van der Waals surface area (Å²) in [6.07, 6.45) is -0.927. The first kappa shape index (κ1) is 12.5. The van der Waals surface area contributed by atoms with Crippen LogP contribution in [0.15, 0.2) is 15.9 Å². The lowest BCUT2D eigenvalue weighted by molar-refractivity contribution is 0.112. The Morgan fingerprint density at radius 3 is 2.33 bits per heavy atom. The Bertz CT molecular complexity index is 707. The number of hydrogen-bond donors (Lipinski definition) is 2. The molecule has 0 fully saturated rings. The van der Waals surface area contributed by atoms with Crippen LogP contribution < -0.4 is 11.2 Å². The van der Waals surface area contributed by atoms with Crippen LogP contribution in [0.1, 0.15) is 26.3 Å². The number of rotatable bonds is 2. The summed E-state index contributed by atoms with van der Waals surface area (Å²) in [5.74, 6) is 0. The van der Waals surface area contributed by atoms with Crippen LogP contribution in [-0.2, 0) is 7.05 Å². The summed E-state index contributed by atoms with van der Waals surface area (Å²) < 4.78 is 3.11. The lowest BCUT2D eigenvalue weighted by Crippen LogP contribution is -2.41. The summed E-state index contributed by atoms with van der Waals surface area (Å²) in [4.78, 5) is 28.0. The average Bonchev–Trinajstić information content (AvgIpc) is 2.70. The van der Waals surface area contributed by atoms with Gasteiger partial charge in [-0.3, -0.25) is 13.9 Å². The fraction of sp³-hybridized carbons (Fsp3) is 0.500. The van der Waals surface area contributed by atoms with Gasteiger partial charge in [-0.1, -0.05) is 0 Å². The van der Waals surface area contributed by atoms with Gasteiger partial charge in [-0.2, -0.15) is 0 Å². The minimum absolute atomic E-state index is 0.0769. The number of aryl methyl sites for hydroxylation is 1. The van der Waals surface area contributed by atoms with Crippen LogP contribution >= 0.6 is 0 Å². The topological polar surface area (TPSA) is 102 Å². The predicted molar refractivity (Wildman–Crippen MR) is 63.1 cm³/mol. The summed E-state index contributed by atoms with van der Waals surface area (Å²) in [6.45, 7) is 2.79. The van der Waals surface area contributed by atoms with Gasteiger partial charge in [0, 0.05) is 7.05 Å². The molecule has 2 unspecified atom stereocenters. The van der Waals surface area contributed by atoms with Crippen LogP contribution in [0, 0.1) is 0 Å². The number of aliphatic hydroxyl groups is 2. The van der Waals surface area contributed by atoms with Crippen LogP contribution in [0.3, 0.4) is 0 Å². The maximum atomic E-state index is 12.1. The van der Waals surface area contributed by atoms with Crippen molar-refractivity contribution >= 4 is 11.2 Å². The van der Waals surface area contributed by atoms with Crippen molar-refractivity contribution in [2.45, 2.75) is 26.3 Å². The number of aliphatic hydroxyl groups excluding tert-OH is 2. The molecule has 0 aliphatic heterocycles. The third kappa shape index (κ3) is 1.57. The molecule has 0 saturated carbocycles. The quantitative estimate of drug-likeness (QED) is 0.709. The zero-order valence-corrected chi connectivity index (χ0v) is 10.2. The van der Waals surface area contributed by atoms with Gasteiger partial charge in [-0.15, -0.1) is 0 Å². The van der Waals surface area contributed by atoms with E-state index in [0.717, 1.165) is 4.57 Å². The van der Waals surface area contributed by atoms with Crippen molar-refractivity contribution < 1.29 is 10.2 Å². The second-order valence-corrected chi connectivity index (χ2v) is 4.10. The third-order valence-corrected chi connectivity index (χ3v) is 2.78. The van der Waals surface area contributed by atoms with Gasteiger partial charge in [0.15, 0.2) is 11.2 Å². The van der Waals surface area contributed by atoms with Crippen molar-refractivity contribution in [1.82, 2.24) is 18.7 Å². The molecule has 2 aromatic heterocycles. The number of nitrogens with zero attached hydrogens (tertiary/aromatic N) is 4. The molecule has 0 spiro atoms. The summed E-state index contributed by atoms with van der Waals surface area (Å²) in [6, 6.07) is 0. The van der Waals surface area contributed by atoms with Crippen molar-refractivity contribution in [3.05, 3.63) is 27.2 Å². The fourth-order valence-electron chi connectivity index (χ4n) is 1.87. The Kier molecular flexibility index (Phi) is 2.83. The molecule has 2 atom stereocenters. The van der Waals surface area contributed by atoms with E-state index in [1.165, 1.54) is 31.8 Å². The van der Waals surface area contributed by atoms with Gasteiger partial charge < -0.3 is 10.2 Å². The van der Waals surface area contributed by atoms with Crippen molar-refractivity contribution in [1.29, 1.82) is 0 Å². The van der Waals surface area contributed by atoms with Crippen molar-refractivity contribution in [3.63, 3.8) is 0 Å². The normalized spacial score (nSPS) is 14.9. The largest absolute Gasteiger partial charge is 0.374 e. The van der Waals surface area contributed by atoms with Crippen molar-refractivity contribution in [2.75, 3.05) is 0 Å². The molecule has 2 aromatic rings. The monoisotopic (exact) mass is 254 g/mol. The van der Waals surface area contributed by atoms with Gasteiger partial charge in [-0.05, 0) is 13.8 Å². The Hall–Kier alpha value is -1.93. The maximum absolute atomic E-state index is 12.1. The molecule has 0 saturated heterocycles. The summed E-state index contributed by atoms with van der Waals surface area (Å²) >= 11 is 0. The maximum Gasteiger partial charge on any atom is 0.334 e. The predicted octanol–water partition coefficient (Wildman–Crippen LogP) is -1.08. The summed E-state index contributed by atoms with van der Waals surface area (Å²) in [7, 11) is 1.45. The van der Waals surface area contributed by atoms with Crippen LogP contribution in [-0.4, -0.2) is 28.9 Å². The van der Waals surface area contributed by atoms with E-state index in [4.69, 9.17) is 0 Å². The van der Waals surface area contributed by atoms with E-state index in [-0.39, 0.29) is 11.2 Å². The highest BCUT2D eigenvalue weighted by Crippen LogP contribution is 2.11. The molecule has 2 N–H and O–H groups in total. The van der Waals surface area contributed by atoms with E-state index in [1.54, 1.807) is 0 Å². The first-order valence-electron chi connectivity index (χ1n) is 5.40. The molecule has 8 heteroatoms. The van der Waals surface area contributed by atoms with E-state index in [9.17, 15) is 19.8 Å². The second kappa shape index (κ2) is 4.07. The molecule has 98 valence electrons. The number of imidazole rings is 1. The Morgan fingerprint density at radius 2 is 1.83 bits per heavy atom. The van der Waals surface area contributed by atoms with Gasteiger partial charge in [0.2, 0.25) is 0 Å². The summed E-state index contributed by atoms with van der Waals surface area (Å²) in [5.41, 5.74) is -1.09. The molecule has 2 heterocycles. The van der Waals surface area contributed by atoms with E-state index in [0.29, 0.717) is 4.57 Å². The molecule has 2 rings (SSSR count). The third-order valence-electron chi connectivity index (χ3n) is 2.78. The van der Waals surface area contributed by atoms with Gasteiger partial charge in [-0.25, -0.2) is 14.3 Å². The smallest absolute Gasteiger partial charge is 0.334 e. The average molecular weight is 254 g/mol. The zero-order chi connectivity index (χ0) is 13.6. The number of aromatic nitrogens is 4. The van der Waals surface area contributed by atoms with Crippen molar-refractivity contribution in [2.24, 2.45) is 7.05 Å². The highest BCUT2D eigenvalue weighted by atomic mass is 16.3.